The number of esters is 4. The maximum absolute atomic E-state index is 13.0. The smallest absolute Gasteiger partial charge is 0.462 e. The van der Waals surface area contributed by atoms with Gasteiger partial charge in [0.25, 0.3) is 0 Å². The molecule has 17 nitrogen and oxygen atoms in total. The van der Waals surface area contributed by atoms with Crippen LogP contribution in [0.5, 0.6) is 0 Å². The van der Waals surface area contributed by atoms with Crippen LogP contribution in [0.1, 0.15) is 343 Å². The molecule has 0 heterocycles. The summed E-state index contributed by atoms with van der Waals surface area (Å²) in [6.45, 7) is 7.09. The highest BCUT2D eigenvalue weighted by Crippen LogP contribution is 2.45. The van der Waals surface area contributed by atoms with Crippen LogP contribution in [-0.2, 0) is 65.4 Å². The van der Waals surface area contributed by atoms with E-state index in [0.717, 1.165) is 103 Å². The number of hydrogen-bond acceptors (Lipinski definition) is 15. The molecule has 86 heavy (non-hydrogen) atoms. The van der Waals surface area contributed by atoms with Crippen LogP contribution in [0.15, 0.2) is 0 Å². The number of unbranched alkanes of at least 4 members (excludes halogenated alkanes) is 39. The summed E-state index contributed by atoms with van der Waals surface area (Å²) in [5.41, 5.74) is 0. The van der Waals surface area contributed by atoms with Crippen LogP contribution in [0, 0.1) is 5.92 Å². The van der Waals surface area contributed by atoms with Gasteiger partial charge in [0.1, 0.15) is 19.3 Å². The molecule has 0 aromatic carbocycles. The van der Waals surface area contributed by atoms with Crippen LogP contribution in [-0.4, -0.2) is 96.7 Å². The molecular formula is C67H130O17P2. The van der Waals surface area contributed by atoms with Crippen LogP contribution in [0.2, 0.25) is 0 Å². The third-order valence-electron chi connectivity index (χ3n) is 15.5. The van der Waals surface area contributed by atoms with Crippen molar-refractivity contribution in [1.82, 2.24) is 0 Å². The fourth-order valence-corrected chi connectivity index (χ4v) is 11.7. The van der Waals surface area contributed by atoms with Gasteiger partial charge in [0.2, 0.25) is 0 Å². The van der Waals surface area contributed by atoms with E-state index in [9.17, 15) is 43.2 Å². The van der Waals surface area contributed by atoms with Gasteiger partial charge in [-0.05, 0) is 31.6 Å². The Bertz CT molecular complexity index is 1670. The van der Waals surface area contributed by atoms with Crippen molar-refractivity contribution < 1.29 is 80.2 Å². The molecule has 0 bridgehead atoms. The molecule has 0 aromatic heterocycles. The lowest BCUT2D eigenvalue weighted by Crippen LogP contribution is -2.30. The van der Waals surface area contributed by atoms with Crippen LogP contribution < -0.4 is 0 Å². The van der Waals surface area contributed by atoms with Gasteiger partial charge in [-0.15, -0.1) is 0 Å². The van der Waals surface area contributed by atoms with E-state index in [1.165, 1.54) is 154 Å². The Labute approximate surface area is 524 Å². The second-order valence-electron chi connectivity index (χ2n) is 24.7. The fourth-order valence-electron chi connectivity index (χ4n) is 10.1. The summed E-state index contributed by atoms with van der Waals surface area (Å²) >= 11 is 0. The average molecular weight is 1270 g/mol. The third-order valence-corrected chi connectivity index (χ3v) is 17.4. The van der Waals surface area contributed by atoms with Gasteiger partial charge in [-0.2, -0.15) is 0 Å². The van der Waals surface area contributed by atoms with Crippen molar-refractivity contribution in [3.8, 4) is 0 Å². The molecule has 5 atom stereocenters. The molecule has 0 aromatic rings. The Hall–Kier alpha value is -1.94. The number of phosphoric ester groups is 2. The number of carbonyl (C=O) groups is 4. The zero-order valence-corrected chi connectivity index (χ0v) is 57.2. The van der Waals surface area contributed by atoms with Gasteiger partial charge in [0.15, 0.2) is 12.2 Å². The lowest BCUT2D eigenvalue weighted by molar-refractivity contribution is -0.161. The topological polar surface area (TPSA) is 237 Å². The molecule has 19 heteroatoms. The van der Waals surface area contributed by atoms with E-state index >= 15 is 0 Å². The first kappa shape index (κ1) is 84.1. The maximum Gasteiger partial charge on any atom is 0.472 e. The molecule has 0 saturated heterocycles. The number of hydrogen-bond donors (Lipinski definition) is 3. The van der Waals surface area contributed by atoms with Crippen molar-refractivity contribution in [2.24, 2.45) is 5.92 Å². The van der Waals surface area contributed by atoms with E-state index in [1.807, 2.05) is 0 Å². The van der Waals surface area contributed by atoms with Gasteiger partial charge in [-0.25, -0.2) is 9.13 Å². The molecule has 0 aliphatic carbocycles. The summed E-state index contributed by atoms with van der Waals surface area (Å²) in [6.07, 6.45) is 46.1. The Balaban J connectivity index is 5.18. The number of aliphatic hydroxyl groups excluding tert-OH is 1. The molecular weight excluding hydrogens is 1140 g/mol. The van der Waals surface area contributed by atoms with Crippen molar-refractivity contribution in [2.45, 2.75) is 361 Å². The molecule has 2 unspecified atom stereocenters. The van der Waals surface area contributed by atoms with Gasteiger partial charge in [0.05, 0.1) is 26.4 Å². The molecule has 0 aliphatic rings. The zero-order chi connectivity index (χ0) is 63.5. The molecule has 0 radical (unpaired) electrons. The van der Waals surface area contributed by atoms with Gasteiger partial charge in [-0.1, -0.05) is 291 Å². The number of carbonyl (C=O) groups excluding carboxylic acids is 4. The van der Waals surface area contributed by atoms with Gasteiger partial charge in [0, 0.05) is 25.7 Å². The molecule has 0 fully saturated rings. The second kappa shape index (κ2) is 60.6. The van der Waals surface area contributed by atoms with Crippen molar-refractivity contribution in [1.29, 1.82) is 0 Å². The van der Waals surface area contributed by atoms with E-state index in [0.29, 0.717) is 31.6 Å². The number of phosphoric acid groups is 2. The standard InChI is InChI=1S/C67H130O17P2/c1-6-9-12-15-18-20-22-24-25-26-27-29-31-33-36-42-47-52-66(71)83-62(57-78-65(70)51-46-41-35-32-30-28-23-21-19-16-13-10-7-2)58-81-85(73,74)79-54-61(68)55-80-86(75,76)82-59-63(56-77-64(69)50-45-40-34-17-14-11-8-3)84-67(72)53-48-43-38-37-39-44-49-60(4)5/h60-63,68H,6-59H2,1-5H3,(H,73,74)(H,75,76)/t61-,62-,63-/m1/s1. The minimum absolute atomic E-state index is 0.102. The molecule has 3 N–H and O–H groups in total. The first-order valence-corrected chi connectivity index (χ1v) is 38.1. The highest BCUT2D eigenvalue weighted by molar-refractivity contribution is 7.47. The lowest BCUT2D eigenvalue weighted by atomic mass is 10.0. The van der Waals surface area contributed by atoms with E-state index in [2.05, 4.69) is 34.6 Å². The Morgan fingerprint density at radius 2 is 0.535 bits per heavy atom. The van der Waals surface area contributed by atoms with Crippen molar-refractivity contribution in [2.75, 3.05) is 39.6 Å². The van der Waals surface area contributed by atoms with Gasteiger partial charge >= 0.3 is 39.5 Å². The molecule has 0 amide bonds. The summed E-state index contributed by atoms with van der Waals surface area (Å²) in [4.78, 5) is 72.2. The van der Waals surface area contributed by atoms with Crippen molar-refractivity contribution in [3.05, 3.63) is 0 Å². The van der Waals surface area contributed by atoms with Crippen LogP contribution in [0.4, 0.5) is 0 Å². The first-order chi connectivity index (χ1) is 41.5. The van der Waals surface area contributed by atoms with E-state index < -0.39 is 97.5 Å². The van der Waals surface area contributed by atoms with Gasteiger partial charge < -0.3 is 33.8 Å². The summed E-state index contributed by atoms with van der Waals surface area (Å²) in [6, 6.07) is 0. The number of rotatable bonds is 67. The SMILES string of the molecule is CCCCCCCCCCCCCCCCCCCC(=O)O[C@H](COC(=O)CCCCCCCCCCCCCCC)COP(=O)(O)OC[C@@H](O)COP(=O)(O)OC[C@@H](COC(=O)CCCCCCCCC)OC(=O)CCCCCCCCC(C)C. The number of ether oxygens (including phenoxy) is 4. The van der Waals surface area contributed by atoms with Crippen LogP contribution in [0.25, 0.3) is 0 Å². The second-order valence-corrected chi connectivity index (χ2v) is 27.6. The highest BCUT2D eigenvalue weighted by atomic mass is 31.2. The third kappa shape index (κ3) is 60.9. The van der Waals surface area contributed by atoms with Crippen molar-refractivity contribution in [3.63, 3.8) is 0 Å². The predicted molar refractivity (Wildman–Crippen MR) is 345 cm³/mol. The Morgan fingerprint density at radius 1 is 0.314 bits per heavy atom. The monoisotopic (exact) mass is 1270 g/mol. The quantitative estimate of drug-likeness (QED) is 0.0222. The minimum Gasteiger partial charge on any atom is -0.462 e. The first-order valence-electron chi connectivity index (χ1n) is 35.1. The van der Waals surface area contributed by atoms with E-state index in [1.54, 1.807) is 0 Å². The average Bonchev–Trinajstić information content (AvgIpc) is 3.68. The lowest BCUT2D eigenvalue weighted by Gasteiger charge is -2.21. The zero-order valence-electron chi connectivity index (χ0n) is 55.4. The molecule has 0 rings (SSSR count). The molecule has 0 saturated carbocycles. The minimum atomic E-state index is -4.95. The van der Waals surface area contributed by atoms with E-state index in [-0.39, 0.29) is 25.7 Å². The maximum atomic E-state index is 13.0. The Kier molecular flexibility index (Phi) is 59.2. The molecule has 0 spiro atoms. The van der Waals surface area contributed by atoms with E-state index in [4.69, 9.17) is 37.0 Å². The highest BCUT2D eigenvalue weighted by Gasteiger charge is 2.30. The predicted octanol–water partition coefficient (Wildman–Crippen LogP) is 19.0. The van der Waals surface area contributed by atoms with Crippen molar-refractivity contribution >= 4 is 39.5 Å². The van der Waals surface area contributed by atoms with Gasteiger partial charge in [-0.3, -0.25) is 37.3 Å². The Morgan fingerprint density at radius 3 is 0.791 bits per heavy atom. The fraction of sp³-hybridized carbons (Fsp3) is 0.940. The summed E-state index contributed by atoms with van der Waals surface area (Å²) < 4.78 is 68.0. The summed E-state index contributed by atoms with van der Waals surface area (Å²) in [7, 11) is -9.89. The number of aliphatic hydroxyl groups is 1. The summed E-state index contributed by atoms with van der Waals surface area (Å²) in [5.74, 6) is -1.46. The largest absolute Gasteiger partial charge is 0.472 e. The van der Waals surface area contributed by atoms with Crippen LogP contribution >= 0.6 is 15.6 Å². The molecule has 510 valence electrons. The van der Waals surface area contributed by atoms with Crippen LogP contribution in [0.3, 0.4) is 0 Å². The summed E-state index contributed by atoms with van der Waals surface area (Å²) in [5, 5.41) is 10.5. The molecule has 0 aliphatic heterocycles. The normalized spacial score (nSPS) is 14.2.